The Morgan fingerprint density at radius 2 is 1.72 bits per heavy atom. The van der Waals surface area contributed by atoms with E-state index in [-0.39, 0.29) is 0 Å². The molecule has 1 rings (SSSR count). The molecule has 2 N–H and O–H groups in total. The molecule has 0 amide bonds. The normalized spacial score (nSPS) is 34.0. The van der Waals surface area contributed by atoms with Crippen molar-refractivity contribution in [2.45, 2.75) is 57.9 Å². The fraction of sp³-hybridized carbons (Fsp3) is 0.833. The summed E-state index contributed by atoms with van der Waals surface area (Å²) < 4.78 is 0.659. The lowest BCUT2D eigenvalue weighted by atomic mass is 9.97. The smallest absolute Gasteiger partial charge is 0.230 e. The van der Waals surface area contributed by atoms with Gasteiger partial charge in [0.15, 0.2) is 12.2 Å². The molecule has 0 spiro atoms. The van der Waals surface area contributed by atoms with E-state index in [1.54, 1.807) is 0 Å². The van der Waals surface area contributed by atoms with Crippen LogP contribution in [0.1, 0.15) is 33.6 Å². The molecule has 102 valence electrons. The molecule has 18 heavy (non-hydrogen) atoms. The van der Waals surface area contributed by atoms with Crippen molar-refractivity contribution in [3.63, 3.8) is 0 Å². The molecule has 4 atom stereocenters. The average Bonchev–Trinajstić information content (AvgIpc) is 2.37. The van der Waals surface area contributed by atoms with Crippen LogP contribution in [0.15, 0.2) is 0 Å². The van der Waals surface area contributed by atoms with Gasteiger partial charge in [-0.25, -0.2) is 0 Å². The second-order valence-electron chi connectivity index (χ2n) is 5.24. The van der Waals surface area contributed by atoms with Crippen molar-refractivity contribution in [1.29, 1.82) is 0 Å². The Labute approximate surface area is 106 Å². The van der Waals surface area contributed by atoms with E-state index in [1.165, 1.54) is 6.92 Å². The van der Waals surface area contributed by atoms with Gasteiger partial charge >= 0.3 is 0 Å². The molecule has 1 heterocycles. The molecule has 1 aliphatic rings. The lowest BCUT2D eigenvalue weighted by molar-refractivity contribution is -0.592. The molecule has 6 heteroatoms. The van der Waals surface area contributed by atoms with Gasteiger partial charge in [-0.1, -0.05) is 13.8 Å². The zero-order valence-corrected chi connectivity index (χ0v) is 10.9. The van der Waals surface area contributed by atoms with E-state index in [0.29, 0.717) is 23.5 Å². The van der Waals surface area contributed by atoms with Crippen LogP contribution in [0, 0.1) is 5.92 Å². The van der Waals surface area contributed by atoms with Crippen LogP contribution in [0.4, 0.5) is 0 Å². The molecule has 0 aromatic heterocycles. The summed E-state index contributed by atoms with van der Waals surface area (Å²) in [5, 5.41) is 19.1. The minimum absolute atomic E-state index is 0.336. The summed E-state index contributed by atoms with van der Waals surface area (Å²) in [7, 11) is 0. The van der Waals surface area contributed by atoms with Gasteiger partial charge in [0.05, 0.1) is 0 Å². The molecule has 0 aromatic carbocycles. The van der Waals surface area contributed by atoms with Crippen molar-refractivity contribution in [2.75, 3.05) is 0 Å². The summed E-state index contributed by atoms with van der Waals surface area (Å²) in [4.78, 5) is 23.5. The van der Waals surface area contributed by atoms with Gasteiger partial charge in [0.2, 0.25) is 23.7 Å². The highest BCUT2D eigenvalue weighted by atomic mass is 16.3. The number of ketones is 2. The predicted molar refractivity (Wildman–Crippen MR) is 63.0 cm³/mol. The number of Topliss-reactive ketones (excluding diaryl/α,β-unsaturated/α-hetero) is 2. The third-order valence-electron chi connectivity index (χ3n) is 3.36. The average molecular weight is 256 g/mol. The van der Waals surface area contributed by atoms with Crippen LogP contribution in [0.3, 0.4) is 0 Å². The summed E-state index contributed by atoms with van der Waals surface area (Å²) in [6.45, 7) is 5.35. The van der Waals surface area contributed by atoms with E-state index in [0.717, 1.165) is 0 Å². The first-order valence-corrected chi connectivity index (χ1v) is 6.18. The topological polar surface area (TPSA) is 99.9 Å². The minimum atomic E-state index is -1.76. The number of rotatable bonds is 3. The summed E-state index contributed by atoms with van der Waals surface area (Å²) in [6.07, 6.45) is -2.49. The molecule has 0 aromatic rings. The Bertz CT molecular complexity index is 367. The monoisotopic (exact) mass is 256 g/mol. The third kappa shape index (κ3) is 2.81. The molecule has 4 unspecified atom stereocenters. The SMILES string of the molecule is CC(C)CCC1C(=O)C(O)C(O)C(=O)C(C)[N+]1=[N-]. The number of hydrogen-bond donors (Lipinski definition) is 2. The Hall–Kier alpha value is -1.14. The summed E-state index contributed by atoms with van der Waals surface area (Å²) in [5.74, 6) is -1.11. The molecule has 0 aliphatic carbocycles. The van der Waals surface area contributed by atoms with E-state index < -0.39 is 35.9 Å². The van der Waals surface area contributed by atoms with Crippen molar-refractivity contribution >= 4 is 11.6 Å². The van der Waals surface area contributed by atoms with Gasteiger partial charge in [-0.05, 0) is 12.3 Å². The second-order valence-corrected chi connectivity index (χ2v) is 5.24. The molecule has 0 saturated carbocycles. The van der Waals surface area contributed by atoms with Gasteiger partial charge in [0.1, 0.15) is 0 Å². The molecular weight excluding hydrogens is 236 g/mol. The highest BCUT2D eigenvalue weighted by Crippen LogP contribution is 2.19. The number of carbonyl (C=O) groups excluding carboxylic acids is 2. The second kappa shape index (κ2) is 5.67. The van der Waals surface area contributed by atoms with Gasteiger partial charge in [-0.3, -0.25) is 9.59 Å². The largest absolute Gasteiger partial charge is 0.506 e. The maximum absolute atomic E-state index is 11.9. The van der Waals surface area contributed by atoms with Crippen molar-refractivity contribution in [2.24, 2.45) is 5.92 Å². The number of carbonyl (C=O) groups is 2. The first kappa shape index (κ1) is 14.9. The lowest BCUT2D eigenvalue weighted by Gasteiger charge is -2.19. The minimum Gasteiger partial charge on any atom is -0.506 e. The number of hydrogen-bond acceptors (Lipinski definition) is 4. The molecule has 1 fully saturated rings. The van der Waals surface area contributed by atoms with Crippen molar-refractivity contribution in [3.8, 4) is 0 Å². The molecule has 0 radical (unpaired) electrons. The number of aliphatic hydroxyl groups excluding tert-OH is 2. The van der Waals surface area contributed by atoms with Gasteiger partial charge in [-0.2, -0.15) is 0 Å². The molecule has 1 saturated heterocycles. The Morgan fingerprint density at radius 3 is 2.22 bits per heavy atom. The first-order valence-electron chi connectivity index (χ1n) is 6.18. The van der Waals surface area contributed by atoms with Gasteiger partial charge in [0, 0.05) is 13.3 Å². The van der Waals surface area contributed by atoms with Crippen molar-refractivity contribution in [3.05, 3.63) is 5.53 Å². The van der Waals surface area contributed by atoms with Crippen LogP contribution in [0.5, 0.6) is 0 Å². The van der Waals surface area contributed by atoms with Crippen LogP contribution in [-0.4, -0.2) is 50.8 Å². The van der Waals surface area contributed by atoms with Crippen LogP contribution in [-0.2, 0) is 9.59 Å². The fourth-order valence-electron chi connectivity index (χ4n) is 2.05. The van der Waals surface area contributed by atoms with Crippen LogP contribution >= 0.6 is 0 Å². The molecule has 0 bridgehead atoms. The maximum Gasteiger partial charge on any atom is 0.230 e. The maximum atomic E-state index is 11.9. The van der Waals surface area contributed by atoms with Crippen molar-refractivity contribution in [1.82, 2.24) is 0 Å². The van der Waals surface area contributed by atoms with E-state index in [2.05, 4.69) is 0 Å². The summed E-state index contributed by atoms with van der Waals surface area (Å²) in [5.41, 5.74) is 9.88. The van der Waals surface area contributed by atoms with Gasteiger partial charge in [0.25, 0.3) is 0 Å². The highest BCUT2D eigenvalue weighted by Gasteiger charge is 2.46. The van der Waals surface area contributed by atoms with E-state index in [4.69, 9.17) is 0 Å². The zero-order valence-electron chi connectivity index (χ0n) is 10.9. The van der Waals surface area contributed by atoms with Gasteiger partial charge in [-0.15, -0.1) is 0 Å². The Kier molecular flexibility index (Phi) is 4.70. The molecular formula is C12H20N2O4. The number of aliphatic hydroxyl groups is 2. The fourth-order valence-corrected chi connectivity index (χ4v) is 2.05. The Morgan fingerprint density at radius 1 is 1.22 bits per heavy atom. The van der Waals surface area contributed by atoms with Crippen LogP contribution < -0.4 is 0 Å². The van der Waals surface area contributed by atoms with E-state index in [9.17, 15) is 25.3 Å². The summed E-state index contributed by atoms with van der Waals surface area (Å²) in [6, 6.07) is -1.95. The van der Waals surface area contributed by atoms with E-state index in [1.807, 2.05) is 13.8 Å². The van der Waals surface area contributed by atoms with Crippen LogP contribution in [0.2, 0.25) is 0 Å². The third-order valence-corrected chi connectivity index (χ3v) is 3.36. The predicted octanol–water partition coefficient (Wildman–Crippen LogP) is 0.0874. The lowest BCUT2D eigenvalue weighted by Crippen LogP contribution is -2.42. The highest BCUT2D eigenvalue weighted by molar-refractivity contribution is 5.97. The summed E-state index contributed by atoms with van der Waals surface area (Å²) >= 11 is 0. The molecule has 6 nitrogen and oxygen atoms in total. The quantitative estimate of drug-likeness (QED) is 0.699. The molecule has 1 aliphatic heterocycles. The first-order chi connectivity index (χ1) is 8.27. The standard InChI is InChI=1S/C12H20N2O4/c1-6(2)4-5-8-10(16)12(18)11(17)9(15)7(3)14(8)13/h6-8,11-12,17-18H,4-5H2,1-3H3. The Balaban J connectivity index is 2.97. The zero-order chi connectivity index (χ0) is 14.0. The van der Waals surface area contributed by atoms with Crippen molar-refractivity contribution < 1.29 is 24.5 Å². The van der Waals surface area contributed by atoms with E-state index >= 15 is 0 Å². The number of nitrogens with zero attached hydrogens (tertiary/aromatic N) is 2. The van der Waals surface area contributed by atoms with Crippen LogP contribution in [0.25, 0.3) is 5.53 Å². The van der Waals surface area contributed by atoms with Gasteiger partial charge < -0.3 is 20.4 Å².